The van der Waals surface area contributed by atoms with Gasteiger partial charge in [-0.25, -0.2) is 0 Å². The summed E-state index contributed by atoms with van der Waals surface area (Å²) in [6.45, 7) is 1.40. The zero-order valence-corrected chi connectivity index (χ0v) is 13.9. The number of hydrogen-bond donors (Lipinski definition) is 2. The van der Waals surface area contributed by atoms with E-state index in [0.717, 1.165) is 24.3 Å². The lowest BCUT2D eigenvalue weighted by atomic mass is 10.1. The third-order valence-electron chi connectivity index (χ3n) is 3.57. The van der Waals surface area contributed by atoms with Crippen molar-refractivity contribution >= 4 is 11.8 Å². The Morgan fingerprint density at radius 2 is 1.95 bits per heavy atom. The van der Waals surface area contributed by atoms with Crippen LogP contribution in [0, 0.1) is 0 Å². The van der Waals surface area contributed by atoms with Crippen LogP contribution < -0.4 is 10.1 Å². The molecule has 0 radical (unpaired) electrons. The second-order valence-corrected chi connectivity index (χ2v) is 5.97. The summed E-state index contributed by atoms with van der Waals surface area (Å²) in [7, 11) is 1.67. The lowest BCUT2D eigenvalue weighted by Gasteiger charge is -2.13. The molecule has 118 valence electrons. The third kappa shape index (κ3) is 5.05. The van der Waals surface area contributed by atoms with Gasteiger partial charge in [-0.05, 0) is 54.6 Å². The number of nitrogens with one attached hydrogen (secondary N) is 1. The molecule has 0 spiro atoms. The predicted molar refractivity (Wildman–Crippen MR) is 92.8 cm³/mol. The van der Waals surface area contributed by atoms with Crippen LogP contribution in [-0.2, 0) is 6.42 Å². The summed E-state index contributed by atoms with van der Waals surface area (Å²) < 4.78 is 5.14. The van der Waals surface area contributed by atoms with Gasteiger partial charge in [0.1, 0.15) is 5.75 Å². The first kappa shape index (κ1) is 16.9. The van der Waals surface area contributed by atoms with Crippen molar-refractivity contribution in [3.8, 4) is 5.75 Å². The Labute approximate surface area is 136 Å². The number of benzene rings is 2. The molecule has 0 aliphatic rings. The van der Waals surface area contributed by atoms with Crippen LogP contribution >= 0.6 is 11.8 Å². The Morgan fingerprint density at radius 1 is 1.18 bits per heavy atom. The minimum Gasteiger partial charge on any atom is -0.497 e. The molecule has 1 atom stereocenters. The normalized spacial score (nSPS) is 12.1. The van der Waals surface area contributed by atoms with Crippen molar-refractivity contribution in [1.29, 1.82) is 0 Å². The summed E-state index contributed by atoms with van der Waals surface area (Å²) in [5.74, 6) is 0.876. The average molecular weight is 317 g/mol. The summed E-state index contributed by atoms with van der Waals surface area (Å²) in [5, 5.41) is 13.5. The van der Waals surface area contributed by atoms with Gasteiger partial charge in [0, 0.05) is 11.4 Å². The number of methoxy groups -OCH3 is 1. The smallest absolute Gasteiger partial charge is 0.118 e. The van der Waals surface area contributed by atoms with E-state index in [2.05, 4.69) is 23.5 Å². The van der Waals surface area contributed by atoms with Crippen LogP contribution in [0.1, 0.15) is 17.2 Å². The fourth-order valence-electron chi connectivity index (χ4n) is 2.23. The molecule has 0 saturated carbocycles. The minimum atomic E-state index is -0.469. The van der Waals surface area contributed by atoms with Crippen molar-refractivity contribution < 1.29 is 9.84 Å². The molecular weight excluding hydrogens is 294 g/mol. The van der Waals surface area contributed by atoms with Gasteiger partial charge in [-0.1, -0.05) is 24.3 Å². The molecule has 0 aliphatic heterocycles. The van der Waals surface area contributed by atoms with Crippen LogP contribution in [0.25, 0.3) is 0 Å². The van der Waals surface area contributed by atoms with Crippen LogP contribution in [0.3, 0.4) is 0 Å². The molecule has 4 heteroatoms. The number of thioether (sulfide) groups is 1. The van der Waals surface area contributed by atoms with E-state index in [1.54, 1.807) is 18.9 Å². The van der Waals surface area contributed by atoms with Crippen LogP contribution in [0.2, 0.25) is 0 Å². The molecule has 0 aliphatic carbocycles. The number of ether oxygens (including phenoxy) is 1. The van der Waals surface area contributed by atoms with Crippen molar-refractivity contribution in [3.63, 3.8) is 0 Å². The first-order chi connectivity index (χ1) is 10.7. The molecule has 0 heterocycles. The van der Waals surface area contributed by atoms with Gasteiger partial charge in [0.25, 0.3) is 0 Å². The summed E-state index contributed by atoms with van der Waals surface area (Å²) >= 11 is 1.69. The van der Waals surface area contributed by atoms with Gasteiger partial charge in [0.05, 0.1) is 13.2 Å². The zero-order valence-electron chi connectivity index (χ0n) is 13.1. The molecule has 0 amide bonds. The second-order valence-electron chi connectivity index (χ2n) is 5.09. The summed E-state index contributed by atoms with van der Waals surface area (Å²) in [6, 6.07) is 16.1. The van der Waals surface area contributed by atoms with E-state index < -0.39 is 6.10 Å². The van der Waals surface area contributed by atoms with Crippen molar-refractivity contribution in [2.45, 2.75) is 17.4 Å². The van der Waals surface area contributed by atoms with Crippen molar-refractivity contribution in [2.24, 2.45) is 0 Å². The largest absolute Gasteiger partial charge is 0.497 e. The number of hydrogen-bond acceptors (Lipinski definition) is 4. The summed E-state index contributed by atoms with van der Waals surface area (Å²) in [5.41, 5.74) is 2.22. The number of rotatable bonds is 8. The van der Waals surface area contributed by atoms with E-state index in [4.69, 9.17) is 4.74 Å². The Hall–Kier alpha value is -1.49. The van der Waals surface area contributed by atoms with Crippen molar-refractivity contribution in [2.75, 3.05) is 26.5 Å². The molecular formula is C18H23NO2S. The van der Waals surface area contributed by atoms with Gasteiger partial charge in [-0.15, -0.1) is 11.8 Å². The highest BCUT2D eigenvalue weighted by Gasteiger charge is 2.07. The Morgan fingerprint density at radius 3 is 2.64 bits per heavy atom. The standard InChI is InChI=1S/C18H23NO2S/c1-21-16-8-6-14(7-9-16)10-11-19-13-18(20)15-4-3-5-17(12-15)22-2/h3-9,12,18-20H,10-11,13H2,1-2H3. The second kappa shape index (κ2) is 8.83. The van der Waals surface area contributed by atoms with Crippen molar-refractivity contribution in [3.05, 3.63) is 59.7 Å². The Kier molecular flexibility index (Phi) is 6.77. The SMILES string of the molecule is COc1ccc(CCNCC(O)c2cccc(SC)c2)cc1. The molecule has 2 aromatic carbocycles. The fourth-order valence-corrected chi connectivity index (χ4v) is 2.70. The van der Waals surface area contributed by atoms with Crippen LogP contribution in [0.4, 0.5) is 0 Å². The van der Waals surface area contributed by atoms with Gasteiger partial charge in [-0.2, -0.15) is 0 Å². The maximum Gasteiger partial charge on any atom is 0.118 e. The zero-order chi connectivity index (χ0) is 15.8. The quantitative estimate of drug-likeness (QED) is 0.579. The molecule has 2 aromatic rings. The molecule has 2 rings (SSSR count). The first-order valence-corrected chi connectivity index (χ1v) is 8.61. The number of aliphatic hydroxyl groups excluding tert-OH is 1. The van der Waals surface area contributed by atoms with Crippen LogP contribution in [0.5, 0.6) is 5.75 Å². The fraction of sp³-hybridized carbons (Fsp3) is 0.333. The topological polar surface area (TPSA) is 41.5 Å². The monoisotopic (exact) mass is 317 g/mol. The van der Waals surface area contributed by atoms with Crippen LogP contribution in [-0.4, -0.2) is 31.6 Å². The van der Waals surface area contributed by atoms with E-state index >= 15 is 0 Å². The van der Waals surface area contributed by atoms with Gasteiger partial charge in [0.2, 0.25) is 0 Å². The molecule has 1 unspecified atom stereocenters. The average Bonchev–Trinajstić information content (AvgIpc) is 2.59. The molecule has 0 saturated heterocycles. The van der Waals surface area contributed by atoms with Crippen LogP contribution in [0.15, 0.2) is 53.4 Å². The van der Waals surface area contributed by atoms with E-state index in [-0.39, 0.29) is 0 Å². The third-order valence-corrected chi connectivity index (χ3v) is 4.29. The lowest BCUT2D eigenvalue weighted by molar-refractivity contribution is 0.175. The van der Waals surface area contributed by atoms with E-state index in [1.165, 1.54) is 10.5 Å². The minimum absolute atomic E-state index is 0.469. The van der Waals surface area contributed by atoms with Gasteiger partial charge < -0.3 is 15.2 Å². The summed E-state index contributed by atoms with van der Waals surface area (Å²) in [4.78, 5) is 1.18. The highest BCUT2D eigenvalue weighted by Crippen LogP contribution is 2.20. The molecule has 0 fully saturated rings. The van der Waals surface area contributed by atoms with E-state index in [0.29, 0.717) is 6.54 Å². The lowest BCUT2D eigenvalue weighted by Crippen LogP contribution is -2.23. The molecule has 0 aromatic heterocycles. The number of aliphatic hydroxyl groups is 1. The maximum absolute atomic E-state index is 10.2. The Balaban J connectivity index is 1.75. The first-order valence-electron chi connectivity index (χ1n) is 7.38. The molecule has 3 nitrogen and oxygen atoms in total. The highest BCUT2D eigenvalue weighted by atomic mass is 32.2. The Bertz CT molecular complexity index is 572. The summed E-state index contributed by atoms with van der Waals surface area (Å²) in [6.07, 6.45) is 2.50. The van der Waals surface area contributed by atoms with Gasteiger partial charge in [0.15, 0.2) is 0 Å². The maximum atomic E-state index is 10.2. The highest BCUT2D eigenvalue weighted by molar-refractivity contribution is 7.98. The predicted octanol–water partition coefficient (Wildman–Crippen LogP) is 3.28. The van der Waals surface area contributed by atoms with Gasteiger partial charge in [-0.3, -0.25) is 0 Å². The van der Waals surface area contributed by atoms with Gasteiger partial charge >= 0.3 is 0 Å². The van der Waals surface area contributed by atoms with Crippen molar-refractivity contribution in [1.82, 2.24) is 5.32 Å². The molecule has 2 N–H and O–H groups in total. The molecule has 22 heavy (non-hydrogen) atoms. The van der Waals surface area contributed by atoms with E-state index in [1.807, 2.05) is 36.6 Å². The molecule has 0 bridgehead atoms. The van der Waals surface area contributed by atoms with E-state index in [9.17, 15) is 5.11 Å².